The van der Waals surface area contributed by atoms with E-state index in [1.54, 1.807) is 6.26 Å². The van der Waals surface area contributed by atoms with Gasteiger partial charge in [-0.1, -0.05) is 15.9 Å². The molecule has 3 nitrogen and oxygen atoms in total. The van der Waals surface area contributed by atoms with Crippen LogP contribution in [0, 0.1) is 6.92 Å². The van der Waals surface area contributed by atoms with Gasteiger partial charge in [0.1, 0.15) is 5.76 Å². The van der Waals surface area contributed by atoms with E-state index in [1.165, 1.54) is 0 Å². The third-order valence-corrected chi connectivity index (χ3v) is 4.36. The summed E-state index contributed by atoms with van der Waals surface area (Å²) in [7, 11) is 0. The number of aryl methyl sites for hydroxylation is 1. The first-order valence-corrected chi connectivity index (χ1v) is 7.66. The summed E-state index contributed by atoms with van der Waals surface area (Å²) >= 11 is 10.1. The van der Waals surface area contributed by atoms with Gasteiger partial charge in [0.15, 0.2) is 11.5 Å². The SMILES string of the molecule is Cc1cc(C(Cl)c2cc3c(cc2Br)OCCCO3)co1. The zero-order valence-electron chi connectivity index (χ0n) is 11.0. The van der Waals surface area contributed by atoms with Crippen LogP contribution in [-0.2, 0) is 0 Å². The molecule has 0 N–H and O–H groups in total. The molecule has 0 aliphatic carbocycles. The number of ether oxygens (including phenoxy) is 2. The maximum absolute atomic E-state index is 6.55. The van der Waals surface area contributed by atoms with Gasteiger partial charge in [-0.05, 0) is 30.7 Å². The van der Waals surface area contributed by atoms with Crippen LogP contribution >= 0.6 is 27.5 Å². The van der Waals surface area contributed by atoms with Crippen molar-refractivity contribution in [2.45, 2.75) is 18.7 Å². The third-order valence-electron chi connectivity index (χ3n) is 3.18. The molecule has 106 valence electrons. The summed E-state index contributed by atoms with van der Waals surface area (Å²) in [5.74, 6) is 2.34. The fraction of sp³-hybridized carbons (Fsp3) is 0.333. The number of fused-ring (bicyclic) bond motifs is 1. The van der Waals surface area contributed by atoms with Gasteiger partial charge in [-0.2, -0.15) is 0 Å². The van der Waals surface area contributed by atoms with Gasteiger partial charge in [-0.3, -0.25) is 0 Å². The van der Waals surface area contributed by atoms with Crippen molar-refractivity contribution in [2.75, 3.05) is 13.2 Å². The zero-order valence-corrected chi connectivity index (χ0v) is 13.3. The van der Waals surface area contributed by atoms with Crippen LogP contribution in [0.3, 0.4) is 0 Å². The van der Waals surface area contributed by atoms with E-state index in [2.05, 4.69) is 15.9 Å². The van der Waals surface area contributed by atoms with E-state index < -0.39 is 0 Å². The number of halogens is 2. The Morgan fingerprint density at radius 3 is 2.50 bits per heavy atom. The molecule has 3 rings (SSSR count). The Hall–Kier alpha value is -1.13. The van der Waals surface area contributed by atoms with Gasteiger partial charge >= 0.3 is 0 Å². The average molecular weight is 358 g/mol. The minimum atomic E-state index is -0.293. The molecule has 1 aliphatic heterocycles. The van der Waals surface area contributed by atoms with Crippen molar-refractivity contribution in [1.82, 2.24) is 0 Å². The van der Waals surface area contributed by atoms with Crippen LogP contribution in [0.4, 0.5) is 0 Å². The third kappa shape index (κ3) is 2.67. The minimum Gasteiger partial charge on any atom is -0.490 e. The van der Waals surface area contributed by atoms with Gasteiger partial charge in [-0.25, -0.2) is 0 Å². The maximum atomic E-state index is 6.55. The number of hydrogen-bond acceptors (Lipinski definition) is 3. The Morgan fingerprint density at radius 2 is 1.85 bits per heavy atom. The standard InChI is InChI=1S/C15H14BrClO3/c1-9-5-10(8-20-9)15(17)11-6-13-14(7-12(11)16)19-4-2-3-18-13/h5-8,15H,2-4H2,1H3. The van der Waals surface area contributed by atoms with E-state index in [0.29, 0.717) is 13.2 Å². The summed E-state index contributed by atoms with van der Waals surface area (Å²) in [5, 5.41) is -0.293. The molecule has 2 aromatic rings. The molecule has 1 unspecified atom stereocenters. The molecule has 0 fully saturated rings. The Morgan fingerprint density at radius 1 is 1.15 bits per heavy atom. The molecule has 0 saturated heterocycles. The largest absolute Gasteiger partial charge is 0.490 e. The first-order chi connectivity index (χ1) is 9.65. The van der Waals surface area contributed by atoms with Crippen molar-refractivity contribution in [1.29, 1.82) is 0 Å². The lowest BCUT2D eigenvalue weighted by atomic mass is 10.1. The van der Waals surface area contributed by atoms with Gasteiger partial charge in [0.2, 0.25) is 0 Å². The molecule has 1 atom stereocenters. The molecule has 5 heteroatoms. The second-order valence-corrected chi connectivity index (χ2v) is 6.01. The summed E-state index contributed by atoms with van der Waals surface area (Å²) in [6.45, 7) is 3.23. The Balaban J connectivity index is 1.99. The molecule has 0 bridgehead atoms. The van der Waals surface area contributed by atoms with Crippen LogP contribution in [-0.4, -0.2) is 13.2 Å². The monoisotopic (exact) mass is 356 g/mol. The van der Waals surface area contributed by atoms with Crippen molar-refractivity contribution >= 4 is 27.5 Å². The molecular formula is C15H14BrClO3. The normalized spacial score (nSPS) is 15.8. The van der Waals surface area contributed by atoms with Crippen LogP contribution in [0.2, 0.25) is 0 Å². The molecule has 20 heavy (non-hydrogen) atoms. The predicted octanol–water partition coefficient (Wildman–Crippen LogP) is 4.84. The molecule has 0 radical (unpaired) electrons. The van der Waals surface area contributed by atoms with E-state index in [9.17, 15) is 0 Å². The summed E-state index contributed by atoms with van der Waals surface area (Å²) < 4.78 is 17.6. The van der Waals surface area contributed by atoms with E-state index in [-0.39, 0.29) is 5.38 Å². The quantitative estimate of drug-likeness (QED) is 0.721. The van der Waals surface area contributed by atoms with Gasteiger partial charge in [-0.15, -0.1) is 11.6 Å². The van der Waals surface area contributed by atoms with Crippen LogP contribution in [0.15, 0.2) is 33.4 Å². The first-order valence-electron chi connectivity index (χ1n) is 6.43. The number of alkyl halides is 1. The summed E-state index contributed by atoms with van der Waals surface area (Å²) in [6.07, 6.45) is 2.56. The fourth-order valence-corrected chi connectivity index (χ4v) is 3.15. The van der Waals surface area contributed by atoms with Crippen molar-refractivity contribution in [2.24, 2.45) is 0 Å². The van der Waals surface area contributed by atoms with Crippen molar-refractivity contribution in [3.05, 3.63) is 45.8 Å². The maximum Gasteiger partial charge on any atom is 0.162 e. The van der Waals surface area contributed by atoms with Gasteiger partial charge < -0.3 is 13.9 Å². The lowest BCUT2D eigenvalue weighted by Gasteiger charge is -2.14. The van der Waals surface area contributed by atoms with E-state index >= 15 is 0 Å². The lowest BCUT2D eigenvalue weighted by Crippen LogP contribution is -1.98. The van der Waals surface area contributed by atoms with Crippen molar-refractivity contribution in [3.63, 3.8) is 0 Å². The van der Waals surface area contributed by atoms with E-state index in [1.807, 2.05) is 25.1 Å². The number of furan rings is 1. The van der Waals surface area contributed by atoms with E-state index in [0.717, 1.165) is 39.3 Å². The van der Waals surface area contributed by atoms with Crippen molar-refractivity contribution < 1.29 is 13.9 Å². The Bertz CT molecular complexity index is 624. The predicted molar refractivity (Wildman–Crippen MR) is 80.9 cm³/mol. The van der Waals surface area contributed by atoms with Gasteiger partial charge in [0.25, 0.3) is 0 Å². The highest BCUT2D eigenvalue weighted by atomic mass is 79.9. The molecular weight excluding hydrogens is 344 g/mol. The summed E-state index contributed by atoms with van der Waals surface area (Å²) in [6, 6.07) is 5.79. The topological polar surface area (TPSA) is 31.6 Å². The van der Waals surface area contributed by atoms with E-state index in [4.69, 9.17) is 25.5 Å². The van der Waals surface area contributed by atoms with Gasteiger partial charge in [0, 0.05) is 16.5 Å². The minimum absolute atomic E-state index is 0.293. The highest BCUT2D eigenvalue weighted by Gasteiger charge is 2.20. The fourth-order valence-electron chi connectivity index (χ4n) is 2.17. The van der Waals surface area contributed by atoms with Crippen LogP contribution in [0.25, 0.3) is 0 Å². The molecule has 2 heterocycles. The van der Waals surface area contributed by atoms with Crippen LogP contribution < -0.4 is 9.47 Å². The second-order valence-electron chi connectivity index (χ2n) is 4.72. The summed E-state index contributed by atoms with van der Waals surface area (Å²) in [5.41, 5.74) is 1.87. The zero-order chi connectivity index (χ0) is 14.1. The number of rotatable bonds is 2. The Kier molecular flexibility index (Phi) is 3.94. The van der Waals surface area contributed by atoms with Crippen LogP contribution in [0.1, 0.15) is 28.7 Å². The number of hydrogen-bond donors (Lipinski definition) is 0. The smallest absolute Gasteiger partial charge is 0.162 e. The average Bonchev–Trinajstić information content (AvgIpc) is 2.73. The van der Waals surface area contributed by atoms with Crippen molar-refractivity contribution in [3.8, 4) is 11.5 Å². The summed E-state index contributed by atoms with van der Waals surface area (Å²) in [4.78, 5) is 0. The van der Waals surface area contributed by atoms with Crippen LogP contribution in [0.5, 0.6) is 11.5 Å². The molecule has 0 spiro atoms. The molecule has 0 amide bonds. The molecule has 0 saturated carbocycles. The molecule has 1 aromatic heterocycles. The molecule has 1 aliphatic rings. The Labute approximate surface area is 130 Å². The number of benzene rings is 1. The highest BCUT2D eigenvalue weighted by Crippen LogP contribution is 2.41. The lowest BCUT2D eigenvalue weighted by molar-refractivity contribution is 0.297. The van der Waals surface area contributed by atoms with Gasteiger partial charge in [0.05, 0.1) is 24.9 Å². The second kappa shape index (κ2) is 5.70. The first kappa shape index (κ1) is 13.8. The molecule has 1 aromatic carbocycles. The highest BCUT2D eigenvalue weighted by molar-refractivity contribution is 9.10.